The maximum absolute atomic E-state index is 11.9. The number of aromatic nitrogens is 2. The second kappa shape index (κ2) is 7.62. The molecule has 1 aromatic heterocycles. The summed E-state index contributed by atoms with van der Waals surface area (Å²) in [5, 5.41) is 7.26. The maximum Gasteiger partial charge on any atom is 0.310 e. The van der Waals surface area contributed by atoms with E-state index < -0.39 is 5.97 Å². The van der Waals surface area contributed by atoms with Crippen molar-refractivity contribution >= 4 is 11.9 Å². The molecule has 128 valence electrons. The van der Waals surface area contributed by atoms with Gasteiger partial charge in [-0.05, 0) is 32.6 Å². The average molecular weight is 321 g/mol. The number of amides is 1. The van der Waals surface area contributed by atoms with E-state index in [2.05, 4.69) is 17.3 Å². The fraction of sp³-hybridized carbons (Fsp3) is 0.706. The minimum atomic E-state index is -0.393. The quantitative estimate of drug-likeness (QED) is 0.840. The van der Waals surface area contributed by atoms with Gasteiger partial charge in [0.2, 0.25) is 0 Å². The summed E-state index contributed by atoms with van der Waals surface area (Å²) in [6.45, 7) is 5.73. The van der Waals surface area contributed by atoms with Gasteiger partial charge in [-0.3, -0.25) is 14.3 Å². The lowest BCUT2D eigenvalue weighted by Gasteiger charge is -2.29. The van der Waals surface area contributed by atoms with Crippen LogP contribution in [0.25, 0.3) is 0 Å². The Kier molecular flexibility index (Phi) is 5.80. The van der Waals surface area contributed by atoms with Crippen LogP contribution in [-0.4, -0.2) is 34.3 Å². The van der Waals surface area contributed by atoms with E-state index in [1.54, 1.807) is 4.68 Å². The minimum absolute atomic E-state index is 0.151. The molecule has 0 bridgehead atoms. The van der Waals surface area contributed by atoms with E-state index in [-0.39, 0.29) is 25.0 Å². The summed E-state index contributed by atoms with van der Waals surface area (Å²) in [6.07, 6.45) is 4.68. The standard InChI is InChI=1S/C17H27N3O3/c1-11-7-5-6-8-15(11)18-16(21)10-23-17(22)9-14-12(2)19-20(4)13(14)3/h11,15H,5-10H2,1-4H3,(H,18,21)/t11-,15+/m1/s1. The first-order chi connectivity index (χ1) is 10.9. The summed E-state index contributed by atoms with van der Waals surface area (Å²) < 4.78 is 6.86. The molecule has 2 atom stereocenters. The first kappa shape index (κ1) is 17.5. The molecule has 1 amide bonds. The third-order valence-electron chi connectivity index (χ3n) is 4.80. The lowest BCUT2D eigenvalue weighted by molar-refractivity contribution is -0.148. The number of aryl methyl sites for hydroxylation is 2. The second-order valence-electron chi connectivity index (χ2n) is 6.55. The molecular formula is C17H27N3O3. The lowest BCUT2D eigenvalue weighted by atomic mass is 9.86. The summed E-state index contributed by atoms with van der Waals surface area (Å²) in [4.78, 5) is 23.9. The first-order valence-corrected chi connectivity index (χ1v) is 8.32. The Bertz CT molecular complexity index is 580. The summed E-state index contributed by atoms with van der Waals surface area (Å²) in [7, 11) is 1.84. The minimum Gasteiger partial charge on any atom is -0.455 e. The third-order valence-corrected chi connectivity index (χ3v) is 4.80. The van der Waals surface area contributed by atoms with Crippen LogP contribution in [0.4, 0.5) is 0 Å². The smallest absolute Gasteiger partial charge is 0.310 e. The summed E-state index contributed by atoms with van der Waals surface area (Å²) in [5.74, 6) is -0.114. The number of carbonyl (C=O) groups excluding carboxylic acids is 2. The molecule has 0 unspecified atom stereocenters. The number of hydrogen-bond donors (Lipinski definition) is 1. The van der Waals surface area contributed by atoms with Crippen LogP contribution in [0, 0.1) is 19.8 Å². The van der Waals surface area contributed by atoms with Crippen molar-refractivity contribution in [1.82, 2.24) is 15.1 Å². The van der Waals surface area contributed by atoms with Gasteiger partial charge in [0.25, 0.3) is 5.91 Å². The normalized spacial score (nSPS) is 21.0. The van der Waals surface area contributed by atoms with Crippen LogP contribution in [0.15, 0.2) is 0 Å². The Hall–Kier alpha value is -1.85. The van der Waals surface area contributed by atoms with Gasteiger partial charge in [0.05, 0.1) is 12.1 Å². The Morgan fingerprint density at radius 3 is 2.61 bits per heavy atom. The molecule has 1 aliphatic carbocycles. The van der Waals surface area contributed by atoms with Crippen LogP contribution in [0.3, 0.4) is 0 Å². The highest BCUT2D eigenvalue weighted by Crippen LogP contribution is 2.23. The van der Waals surface area contributed by atoms with Crippen LogP contribution in [-0.2, 0) is 27.8 Å². The zero-order valence-electron chi connectivity index (χ0n) is 14.5. The fourth-order valence-corrected chi connectivity index (χ4v) is 3.19. The zero-order valence-corrected chi connectivity index (χ0v) is 14.5. The van der Waals surface area contributed by atoms with Crippen LogP contribution in [0.1, 0.15) is 49.6 Å². The molecule has 2 rings (SSSR count). The van der Waals surface area contributed by atoms with Gasteiger partial charge in [0, 0.05) is 24.3 Å². The average Bonchev–Trinajstić information content (AvgIpc) is 2.74. The third kappa shape index (κ3) is 4.56. The number of rotatable bonds is 5. The van der Waals surface area contributed by atoms with Crippen molar-refractivity contribution in [2.24, 2.45) is 13.0 Å². The molecule has 1 saturated carbocycles. The fourth-order valence-electron chi connectivity index (χ4n) is 3.19. The van der Waals surface area contributed by atoms with Gasteiger partial charge in [-0.15, -0.1) is 0 Å². The predicted octanol–water partition coefficient (Wildman–Crippen LogP) is 1.82. The van der Waals surface area contributed by atoms with Crippen molar-refractivity contribution in [3.8, 4) is 0 Å². The first-order valence-electron chi connectivity index (χ1n) is 8.32. The van der Waals surface area contributed by atoms with Gasteiger partial charge in [0.1, 0.15) is 0 Å². The summed E-state index contributed by atoms with van der Waals surface area (Å²) in [5.41, 5.74) is 2.64. The Labute approximate surface area is 137 Å². The molecule has 1 N–H and O–H groups in total. The topological polar surface area (TPSA) is 73.2 Å². The largest absolute Gasteiger partial charge is 0.455 e. The number of carbonyl (C=O) groups is 2. The van der Waals surface area contributed by atoms with Gasteiger partial charge < -0.3 is 10.1 Å². The van der Waals surface area contributed by atoms with Crippen molar-refractivity contribution in [3.63, 3.8) is 0 Å². The lowest BCUT2D eigenvalue weighted by Crippen LogP contribution is -2.43. The van der Waals surface area contributed by atoms with E-state index in [0.717, 1.165) is 36.2 Å². The van der Waals surface area contributed by atoms with Gasteiger partial charge >= 0.3 is 5.97 Å². The van der Waals surface area contributed by atoms with Crippen molar-refractivity contribution < 1.29 is 14.3 Å². The van der Waals surface area contributed by atoms with Gasteiger partial charge in [-0.2, -0.15) is 5.10 Å². The van der Waals surface area contributed by atoms with Crippen LogP contribution in [0.2, 0.25) is 0 Å². The summed E-state index contributed by atoms with van der Waals surface area (Å²) >= 11 is 0. The van der Waals surface area contributed by atoms with Gasteiger partial charge in [-0.25, -0.2) is 0 Å². The van der Waals surface area contributed by atoms with Gasteiger partial charge in [0.15, 0.2) is 6.61 Å². The van der Waals surface area contributed by atoms with Crippen LogP contribution < -0.4 is 5.32 Å². The van der Waals surface area contributed by atoms with E-state index in [1.165, 1.54) is 6.42 Å². The Morgan fingerprint density at radius 1 is 1.30 bits per heavy atom. The molecule has 6 nitrogen and oxygen atoms in total. The SMILES string of the molecule is Cc1nn(C)c(C)c1CC(=O)OCC(=O)N[C@H]1CCCC[C@H]1C. The van der Waals surface area contributed by atoms with Crippen molar-refractivity contribution in [2.75, 3.05) is 6.61 Å². The molecule has 1 heterocycles. The molecule has 23 heavy (non-hydrogen) atoms. The maximum atomic E-state index is 11.9. The monoisotopic (exact) mass is 321 g/mol. The second-order valence-corrected chi connectivity index (χ2v) is 6.55. The molecular weight excluding hydrogens is 294 g/mol. The Morgan fingerprint density at radius 2 is 2.00 bits per heavy atom. The molecule has 6 heteroatoms. The molecule has 1 aliphatic rings. The zero-order chi connectivity index (χ0) is 17.0. The van der Waals surface area contributed by atoms with Crippen molar-refractivity contribution in [2.45, 2.75) is 58.9 Å². The molecule has 1 aromatic rings. The molecule has 0 spiro atoms. The van der Waals surface area contributed by atoms with E-state index in [4.69, 9.17) is 4.74 Å². The summed E-state index contributed by atoms with van der Waals surface area (Å²) in [6, 6.07) is 0.206. The number of nitrogens with zero attached hydrogens (tertiary/aromatic N) is 2. The number of hydrogen-bond acceptors (Lipinski definition) is 4. The van der Waals surface area contributed by atoms with Crippen LogP contribution in [0.5, 0.6) is 0 Å². The van der Waals surface area contributed by atoms with Gasteiger partial charge in [-0.1, -0.05) is 19.8 Å². The van der Waals surface area contributed by atoms with Crippen molar-refractivity contribution in [1.29, 1.82) is 0 Å². The molecule has 1 fully saturated rings. The van der Waals surface area contributed by atoms with E-state index in [1.807, 2.05) is 20.9 Å². The molecule has 0 saturated heterocycles. The van der Waals surface area contributed by atoms with E-state index >= 15 is 0 Å². The highest BCUT2D eigenvalue weighted by molar-refractivity contribution is 5.81. The van der Waals surface area contributed by atoms with Crippen LogP contribution >= 0.6 is 0 Å². The number of nitrogens with one attached hydrogen (secondary N) is 1. The molecule has 0 radical (unpaired) electrons. The molecule has 0 aromatic carbocycles. The number of esters is 1. The van der Waals surface area contributed by atoms with E-state index in [0.29, 0.717) is 5.92 Å². The predicted molar refractivity (Wildman–Crippen MR) is 86.9 cm³/mol. The van der Waals surface area contributed by atoms with Crippen molar-refractivity contribution in [3.05, 3.63) is 17.0 Å². The highest BCUT2D eigenvalue weighted by Gasteiger charge is 2.23. The van der Waals surface area contributed by atoms with E-state index in [9.17, 15) is 9.59 Å². The highest BCUT2D eigenvalue weighted by atomic mass is 16.5. The Balaban J connectivity index is 1.78. The number of ether oxygens (including phenoxy) is 1. The molecule has 0 aliphatic heterocycles.